The second kappa shape index (κ2) is 7.61. The van der Waals surface area contributed by atoms with Crippen molar-refractivity contribution in [2.45, 2.75) is 70.4 Å². The van der Waals surface area contributed by atoms with Crippen LogP contribution in [0.15, 0.2) is 0 Å². The van der Waals surface area contributed by atoms with Gasteiger partial charge in [-0.2, -0.15) is 0 Å². The van der Waals surface area contributed by atoms with Crippen molar-refractivity contribution in [3.8, 4) is 0 Å². The second-order valence-corrected chi connectivity index (χ2v) is 6.63. The highest BCUT2D eigenvalue weighted by Gasteiger charge is 2.34. The second-order valence-electron chi connectivity index (χ2n) is 6.63. The molecule has 2 aliphatic carbocycles. The van der Waals surface area contributed by atoms with Gasteiger partial charge in [0.15, 0.2) is 0 Å². The number of carbonyl (C=O) groups excluding carboxylic acids is 2. The van der Waals surface area contributed by atoms with Crippen LogP contribution in [-0.2, 0) is 14.4 Å². The third-order valence-electron chi connectivity index (χ3n) is 4.88. The third kappa shape index (κ3) is 4.45. The van der Waals surface area contributed by atoms with E-state index in [4.69, 9.17) is 5.11 Å². The maximum atomic E-state index is 12.1. The Morgan fingerprint density at radius 3 is 2.41 bits per heavy atom. The molecule has 3 unspecified atom stereocenters. The number of carboxylic acid groups (broad SMARTS) is 1. The van der Waals surface area contributed by atoms with Gasteiger partial charge in [-0.05, 0) is 38.5 Å². The molecule has 6 heteroatoms. The Labute approximate surface area is 131 Å². The Kier molecular flexibility index (Phi) is 5.80. The zero-order chi connectivity index (χ0) is 16.1. The lowest BCUT2D eigenvalue weighted by Crippen LogP contribution is -2.50. The lowest BCUT2D eigenvalue weighted by Gasteiger charge is -2.21. The van der Waals surface area contributed by atoms with Crippen LogP contribution in [0.4, 0.5) is 0 Å². The van der Waals surface area contributed by atoms with Crippen molar-refractivity contribution in [2.24, 2.45) is 11.8 Å². The molecule has 0 saturated heterocycles. The van der Waals surface area contributed by atoms with Crippen LogP contribution in [0.5, 0.6) is 0 Å². The van der Waals surface area contributed by atoms with Crippen molar-refractivity contribution in [2.75, 3.05) is 0 Å². The van der Waals surface area contributed by atoms with Crippen molar-refractivity contribution in [3.05, 3.63) is 0 Å². The van der Waals surface area contributed by atoms with E-state index in [-0.39, 0.29) is 17.9 Å². The van der Waals surface area contributed by atoms with Crippen molar-refractivity contribution in [1.82, 2.24) is 10.6 Å². The molecule has 0 aliphatic heterocycles. The monoisotopic (exact) mass is 310 g/mol. The zero-order valence-corrected chi connectivity index (χ0v) is 13.1. The average molecular weight is 310 g/mol. The highest BCUT2D eigenvalue weighted by molar-refractivity contribution is 5.88. The minimum atomic E-state index is -0.860. The van der Waals surface area contributed by atoms with Gasteiger partial charge in [-0.1, -0.05) is 19.3 Å². The topological polar surface area (TPSA) is 95.5 Å². The van der Waals surface area contributed by atoms with E-state index in [0.717, 1.165) is 19.3 Å². The number of amides is 2. The number of hydrogen-bond acceptors (Lipinski definition) is 3. The molecule has 2 saturated carbocycles. The van der Waals surface area contributed by atoms with Gasteiger partial charge in [0.2, 0.25) is 11.8 Å². The Balaban J connectivity index is 1.76. The van der Waals surface area contributed by atoms with Gasteiger partial charge in [-0.3, -0.25) is 14.4 Å². The van der Waals surface area contributed by atoms with Gasteiger partial charge >= 0.3 is 5.97 Å². The molecule has 3 N–H and O–H groups in total. The Morgan fingerprint density at radius 2 is 1.77 bits per heavy atom. The summed E-state index contributed by atoms with van der Waals surface area (Å²) in [5.74, 6) is -1.30. The van der Waals surface area contributed by atoms with Crippen LogP contribution in [0.25, 0.3) is 0 Å². The molecule has 2 amide bonds. The standard InChI is InChI=1S/C16H26N2O4/c1-10(17-14(19)9-11-5-2-3-6-11)15(20)18-13-8-4-7-12(13)16(21)22/h10-13H,2-9H2,1H3,(H,17,19)(H,18,20)(H,21,22). The van der Waals surface area contributed by atoms with Gasteiger partial charge in [0, 0.05) is 12.5 Å². The largest absolute Gasteiger partial charge is 0.481 e. The van der Waals surface area contributed by atoms with E-state index in [1.165, 1.54) is 12.8 Å². The fraction of sp³-hybridized carbons (Fsp3) is 0.812. The first-order valence-corrected chi connectivity index (χ1v) is 8.30. The van der Waals surface area contributed by atoms with E-state index in [0.29, 0.717) is 25.2 Å². The molecular formula is C16H26N2O4. The van der Waals surface area contributed by atoms with Crippen LogP contribution in [0.2, 0.25) is 0 Å². The van der Waals surface area contributed by atoms with E-state index >= 15 is 0 Å². The van der Waals surface area contributed by atoms with Crippen LogP contribution in [0.3, 0.4) is 0 Å². The molecule has 0 bridgehead atoms. The Morgan fingerprint density at radius 1 is 1.09 bits per heavy atom. The molecule has 0 aromatic rings. The predicted octanol–water partition coefficient (Wildman–Crippen LogP) is 1.44. The van der Waals surface area contributed by atoms with Crippen molar-refractivity contribution in [1.29, 1.82) is 0 Å². The first kappa shape index (κ1) is 16.8. The van der Waals surface area contributed by atoms with E-state index in [1.54, 1.807) is 6.92 Å². The summed E-state index contributed by atoms with van der Waals surface area (Å²) in [5.41, 5.74) is 0. The molecule has 0 radical (unpaired) electrons. The molecule has 124 valence electrons. The van der Waals surface area contributed by atoms with E-state index in [1.807, 2.05) is 0 Å². The van der Waals surface area contributed by atoms with Gasteiger partial charge in [-0.25, -0.2) is 0 Å². The first-order valence-electron chi connectivity index (χ1n) is 8.30. The maximum Gasteiger partial charge on any atom is 0.308 e. The Hall–Kier alpha value is -1.59. The summed E-state index contributed by atoms with van der Waals surface area (Å²) in [4.78, 5) is 35.2. The van der Waals surface area contributed by atoms with Crippen LogP contribution in [-0.4, -0.2) is 35.0 Å². The fourth-order valence-corrected chi connectivity index (χ4v) is 3.58. The van der Waals surface area contributed by atoms with Crippen LogP contribution in [0, 0.1) is 11.8 Å². The number of nitrogens with one attached hydrogen (secondary N) is 2. The van der Waals surface area contributed by atoms with E-state index < -0.39 is 17.9 Å². The summed E-state index contributed by atoms with van der Waals surface area (Å²) in [7, 11) is 0. The van der Waals surface area contributed by atoms with Gasteiger partial charge in [-0.15, -0.1) is 0 Å². The molecule has 2 fully saturated rings. The highest BCUT2D eigenvalue weighted by Crippen LogP contribution is 2.27. The minimum absolute atomic E-state index is 0.0873. The van der Waals surface area contributed by atoms with Gasteiger partial charge in [0.1, 0.15) is 6.04 Å². The summed E-state index contributed by atoms with van der Waals surface area (Å²) in [6.07, 6.45) is 7.14. The molecule has 0 aromatic heterocycles. The summed E-state index contributed by atoms with van der Waals surface area (Å²) in [6, 6.07) is -0.942. The molecule has 0 aromatic carbocycles. The van der Waals surface area contributed by atoms with Gasteiger partial charge < -0.3 is 15.7 Å². The minimum Gasteiger partial charge on any atom is -0.481 e. The summed E-state index contributed by atoms with van der Waals surface area (Å²) < 4.78 is 0. The molecule has 22 heavy (non-hydrogen) atoms. The molecule has 2 aliphatic rings. The predicted molar refractivity (Wildman–Crippen MR) is 81.1 cm³/mol. The normalized spacial score (nSPS) is 26.6. The lowest BCUT2D eigenvalue weighted by atomic mass is 10.0. The number of carboxylic acids is 1. The van der Waals surface area contributed by atoms with Crippen molar-refractivity contribution < 1.29 is 19.5 Å². The molecule has 0 spiro atoms. The summed E-state index contributed by atoms with van der Waals surface area (Å²) in [5, 5.41) is 14.6. The van der Waals surface area contributed by atoms with Crippen LogP contribution >= 0.6 is 0 Å². The number of aliphatic carboxylic acids is 1. The van der Waals surface area contributed by atoms with E-state index in [9.17, 15) is 14.4 Å². The SMILES string of the molecule is CC(NC(=O)CC1CCCC1)C(=O)NC1CCCC1C(=O)O. The molecule has 0 heterocycles. The smallest absolute Gasteiger partial charge is 0.308 e. The van der Waals surface area contributed by atoms with Crippen molar-refractivity contribution in [3.63, 3.8) is 0 Å². The quantitative estimate of drug-likeness (QED) is 0.692. The van der Waals surface area contributed by atoms with E-state index in [2.05, 4.69) is 10.6 Å². The Bertz CT molecular complexity index is 432. The summed E-state index contributed by atoms with van der Waals surface area (Å²) in [6.45, 7) is 1.65. The molecular weight excluding hydrogens is 284 g/mol. The fourth-order valence-electron chi connectivity index (χ4n) is 3.58. The first-order chi connectivity index (χ1) is 10.5. The average Bonchev–Trinajstić information content (AvgIpc) is 3.09. The molecule has 3 atom stereocenters. The highest BCUT2D eigenvalue weighted by atomic mass is 16.4. The lowest BCUT2D eigenvalue weighted by molar-refractivity contribution is -0.142. The van der Waals surface area contributed by atoms with Gasteiger partial charge in [0.05, 0.1) is 5.92 Å². The van der Waals surface area contributed by atoms with Crippen LogP contribution in [0.1, 0.15) is 58.3 Å². The molecule has 2 rings (SSSR count). The molecule has 6 nitrogen and oxygen atoms in total. The third-order valence-corrected chi connectivity index (χ3v) is 4.88. The maximum absolute atomic E-state index is 12.1. The number of rotatable bonds is 6. The zero-order valence-electron chi connectivity index (χ0n) is 13.1. The van der Waals surface area contributed by atoms with Crippen molar-refractivity contribution >= 4 is 17.8 Å². The number of carbonyl (C=O) groups is 3. The van der Waals surface area contributed by atoms with Crippen LogP contribution < -0.4 is 10.6 Å². The summed E-state index contributed by atoms with van der Waals surface area (Å²) >= 11 is 0. The number of hydrogen-bond donors (Lipinski definition) is 3. The van der Waals surface area contributed by atoms with Gasteiger partial charge in [0.25, 0.3) is 0 Å².